The zero-order valence-corrected chi connectivity index (χ0v) is 11.7. The first-order chi connectivity index (χ1) is 9.15. The maximum atomic E-state index is 9.58. The van der Waals surface area contributed by atoms with Crippen molar-refractivity contribution >= 4 is 22.5 Å². The Balaban J connectivity index is 1.97. The average molecular weight is 277 g/mol. The number of para-hydroxylation sites is 1. The summed E-state index contributed by atoms with van der Waals surface area (Å²) >= 11 is 6.44. The lowest BCUT2D eigenvalue weighted by molar-refractivity contribution is 0.174. The van der Waals surface area contributed by atoms with Crippen LogP contribution in [0.2, 0.25) is 5.02 Å². The van der Waals surface area contributed by atoms with Crippen molar-refractivity contribution in [1.29, 1.82) is 0 Å². The first-order valence-corrected chi connectivity index (χ1v) is 6.97. The van der Waals surface area contributed by atoms with Crippen molar-refractivity contribution < 1.29 is 5.11 Å². The molecular weight excluding hydrogens is 260 g/mol. The summed E-state index contributed by atoms with van der Waals surface area (Å²) in [6.07, 6.45) is 0.629. The number of aliphatic hydroxyl groups is 1. The summed E-state index contributed by atoms with van der Waals surface area (Å²) < 4.78 is 0. The Bertz CT molecular complexity index is 614. The molecular formula is C15H17ClN2O. The lowest BCUT2D eigenvalue weighted by atomic mass is 10.1. The van der Waals surface area contributed by atoms with Gasteiger partial charge >= 0.3 is 0 Å². The van der Waals surface area contributed by atoms with Crippen LogP contribution >= 0.6 is 11.6 Å². The monoisotopic (exact) mass is 276 g/mol. The first-order valence-electron chi connectivity index (χ1n) is 6.59. The number of fused-ring (bicyclic) bond motifs is 1. The predicted octanol–water partition coefficient (Wildman–Crippen LogP) is 2.76. The normalized spacial score (nSPS) is 20.3. The molecule has 0 bridgehead atoms. The lowest BCUT2D eigenvalue weighted by Crippen LogP contribution is -2.22. The molecule has 0 saturated carbocycles. The fourth-order valence-electron chi connectivity index (χ4n) is 2.69. The number of aromatic nitrogens is 1. The van der Waals surface area contributed by atoms with Crippen molar-refractivity contribution in [1.82, 2.24) is 9.88 Å². The van der Waals surface area contributed by atoms with E-state index in [1.807, 2.05) is 31.2 Å². The Morgan fingerprint density at radius 2 is 2.21 bits per heavy atom. The highest BCUT2D eigenvalue weighted by Gasteiger charge is 2.22. The third kappa shape index (κ3) is 2.46. The van der Waals surface area contributed by atoms with Crippen LogP contribution in [0.25, 0.3) is 10.9 Å². The molecule has 1 aliphatic heterocycles. The van der Waals surface area contributed by atoms with Gasteiger partial charge < -0.3 is 5.11 Å². The van der Waals surface area contributed by atoms with Crippen LogP contribution in [0.1, 0.15) is 17.7 Å². The number of β-amino-alcohol motifs (C(OH)–C–C–N with tert-alkyl or cyclic N) is 1. The second-order valence-corrected chi connectivity index (χ2v) is 5.57. The quantitative estimate of drug-likeness (QED) is 0.916. The maximum Gasteiger partial charge on any atom is 0.0740 e. The van der Waals surface area contributed by atoms with Crippen molar-refractivity contribution in [3.63, 3.8) is 0 Å². The van der Waals surface area contributed by atoms with Crippen LogP contribution in [0.5, 0.6) is 0 Å². The number of rotatable bonds is 2. The molecule has 1 aliphatic rings. The molecule has 100 valence electrons. The van der Waals surface area contributed by atoms with Gasteiger partial charge in [-0.05, 0) is 25.0 Å². The van der Waals surface area contributed by atoms with E-state index in [9.17, 15) is 5.11 Å². The summed E-state index contributed by atoms with van der Waals surface area (Å²) in [4.78, 5) is 6.87. The van der Waals surface area contributed by atoms with E-state index in [0.717, 1.165) is 40.1 Å². The van der Waals surface area contributed by atoms with Gasteiger partial charge in [-0.1, -0.05) is 29.8 Å². The Kier molecular flexibility index (Phi) is 3.44. The van der Waals surface area contributed by atoms with Crippen molar-refractivity contribution in [2.45, 2.75) is 26.0 Å². The van der Waals surface area contributed by atoms with Gasteiger partial charge in [-0.15, -0.1) is 0 Å². The van der Waals surface area contributed by atoms with Gasteiger partial charge in [-0.25, -0.2) is 4.98 Å². The number of benzene rings is 1. The number of aryl methyl sites for hydroxylation is 1. The molecule has 19 heavy (non-hydrogen) atoms. The highest BCUT2D eigenvalue weighted by Crippen LogP contribution is 2.28. The third-order valence-corrected chi connectivity index (χ3v) is 4.27. The number of aliphatic hydroxyl groups excluding tert-OH is 1. The number of hydrogen-bond donors (Lipinski definition) is 1. The van der Waals surface area contributed by atoms with E-state index >= 15 is 0 Å². The summed E-state index contributed by atoms with van der Waals surface area (Å²) in [5.41, 5.74) is 2.98. The van der Waals surface area contributed by atoms with E-state index in [1.54, 1.807) is 0 Å². The van der Waals surface area contributed by atoms with Crippen molar-refractivity contribution in [3.05, 3.63) is 40.5 Å². The molecule has 1 aromatic heterocycles. The maximum absolute atomic E-state index is 9.58. The van der Waals surface area contributed by atoms with E-state index in [2.05, 4.69) is 9.88 Å². The van der Waals surface area contributed by atoms with E-state index in [-0.39, 0.29) is 6.10 Å². The average Bonchev–Trinajstić information content (AvgIpc) is 2.81. The predicted molar refractivity (Wildman–Crippen MR) is 77.4 cm³/mol. The van der Waals surface area contributed by atoms with Crippen LogP contribution in [0.4, 0.5) is 0 Å². The summed E-state index contributed by atoms with van der Waals surface area (Å²) in [5.74, 6) is 0. The lowest BCUT2D eigenvalue weighted by Gasteiger charge is -2.17. The summed E-state index contributed by atoms with van der Waals surface area (Å²) in [7, 11) is 0. The molecule has 0 amide bonds. The molecule has 1 atom stereocenters. The second-order valence-electron chi connectivity index (χ2n) is 5.19. The molecule has 0 unspecified atom stereocenters. The largest absolute Gasteiger partial charge is 0.392 e. The molecule has 0 aliphatic carbocycles. The number of likely N-dealkylation sites (tertiary alicyclic amines) is 1. The number of nitrogens with zero attached hydrogens (tertiary/aromatic N) is 2. The Hall–Kier alpha value is -1.16. The van der Waals surface area contributed by atoms with Crippen LogP contribution in [0, 0.1) is 6.92 Å². The molecule has 1 saturated heterocycles. The molecule has 0 spiro atoms. The molecule has 4 heteroatoms. The van der Waals surface area contributed by atoms with Gasteiger partial charge in [-0.3, -0.25) is 4.90 Å². The van der Waals surface area contributed by atoms with Gasteiger partial charge in [0.25, 0.3) is 0 Å². The van der Waals surface area contributed by atoms with Crippen molar-refractivity contribution in [2.24, 2.45) is 0 Å². The van der Waals surface area contributed by atoms with Gasteiger partial charge in [0.1, 0.15) is 0 Å². The number of pyridine rings is 1. The van der Waals surface area contributed by atoms with Crippen molar-refractivity contribution in [3.8, 4) is 0 Å². The fourth-order valence-corrected chi connectivity index (χ4v) is 2.89. The van der Waals surface area contributed by atoms with Crippen molar-refractivity contribution in [2.75, 3.05) is 13.1 Å². The van der Waals surface area contributed by atoms with Gasteiger partial charge in [-0.2, -0.15) is 0 Å². The molecule has 1 aromatic carbocycles. The van der Waals surface area contributed by atoms with Gasteiger partial charge in [0, 0.05) is 25.0 Å². The van der Waals surface area contributed by atoms with Crippen LogP contribution in [0.3, 0.4) is 0 Å². The smallest absolute Gasteiger partial charge is 0.0740 e. The van der Waals surface area contributed by atoms with Crippen LogP contribution < -0.4 is 0 Å². The molecule has 1 fully saturated rings. The molecule has 2 heterocycles. The Morgan fingerprint density at radius 3 is 2.95 bits per heavy atom. The molecule has 3 nitrogen and oxygen atoms in total. The van der Waals surface area contributed by atoms with E-state index in [4.69, 9.17) is 11.6 Å². The first kappa shape index (κ1) is 12.9. The highest BCUT2D eigenvalue weighted by molar-refractivity contribution is 6.32. The van der Waals surface area contributed by atoms with E-state index in [0.29, 0.717) is 13.1 Å². The molecule has 3 rings (SSSR count). The summed E-state index contributed by atoms with van der Waals surface area (Å²) in [6, 6.07) is 8.06. The fraction of sp³-hybridized carbons (Fsp3) is 0.400. The molecule has 0 radical (unpaired) electrons. The van der Waals surface area contributed by atoms with Gasteiger partial charge in [0.05, 0.1) is 22.3 Å². The number of halogens is 1. The zero-order chi connectivity index (χ0) is 13.4. The summed E-state index contributed by atoms with van der Waals surface area (Å²) in [6.45, 7) is 4.37. The zero-order valence-electron chi connectivity index (χ0n) is 10.9. The minimum Gasteiger partial charge on any atom is -0.392 e. The molecule has 1 N–H and O–H groups in total. The van der Waals surface area contributed by atoms with E-state index < -0.39 is 0 Å². The highest BCUT2D eigenvalue weighted by atomic mass is 35.5. The van der Waals surface area contributed by atoms with Gasteiger partial charge in [0.2, 0.25) is 0 Å². The van der Waals surface area contributed by atoms with E-state index in [1.165, 1.54) is 0 Å². The summed E-state index contributed by atoms with van der Waals surface area (Å²) in [5, 5.41) is 11.4. The topological polar surface area (TPSA) is 36.4 Å². The second kappa shape index (κ2) is 5.08. The standard InChI is InChI=1S/C15H17ClN2O/c1-10-12-4-2-3-5-13(12)17-14(15(10)16)9-18-7-6-11(19)8-18/h2-5,11,19H,6-9H2,1H3/t11-/m0/s1. The minimum atomic E-state index is -0.208. The van der Waals surface area contributed by atoms with Gasteiger partial charge in [0.15, 0.2) is 0 Å². The van der Waals surface area contributed by atoms with Crippen LogP contribution in [0.15, 0.2) is 24.3 Å². The Morgan fingerprint density at radius 1 is 1.42 bits per heavy atom. The van der Waals surface area contributed by atoms with Crippen LogP contribution in [-0.2, 0) is 6.54 Å². The number of hydrogen-bond acceptors (Lipinski definition) is 3. The Labute approximate surface area is 117 Å². The van der Waals surface area contributed by atoms with Crippen LogP contribution in [-0.4, -0.2) is 34.2 Å². The minimum absolute atomic E-state index is 0.208. The third-order valence-electron chi connectivity index (χ3n) is 3.77. The molecule has 2 aromatic rings. The SMILES string of the molecule is Cc1c(Cl)c(CN2CC[C@H](O)C2)nc2ccccc12.